The number of nitrogens with zero attached hydrogens (tertiary/aromatic N) is 3. The van der Waals surface area contributed by atoms with Crippen molar-refractivity contribution in [2.75, 3.05) is 0 Å². The molecular weight excluding hydrogens is 210 g/mol. The summed E-state index contributed by atoms with van der Waals surface area (Å²) in [6.45, 7) is 3.15. The third-order valence-corrected chi connectivity index (χ3v) is 2.50. The van der Waals surface area contributed by atoms with Crippen LogP contribution in [0.2, 0.25) is 0 Å². The van der Waals surface area contributed by atoms with Crippen LogP contribution in [0, 0.1) is 6.92 Å². The topological polar surface area (TPSA) is 76.6 Å². The van der Waals surface area contributed by atoms with Crippen LogP contribution in [0.25, 0.3) is 5.52 Å². The molecular formula is C10H11N3O3. The fourth-order valence-electron chi connectivity index (χ4n) is 1.57. The van der Waals surface area contributed by atoms with Crippen LogP contribution >= 0.6 is 0 Å². The van der Waals surface area contributed by atoms with Crippen LogP contribution in [-0.2, 0) is 4.79 Å². The summed E-state index contributed by atoms with van der Waals surface area (Å²) in [7, 11) is 0. The molecule has 2 aromatic rings. The molecule has 0 aliphatic carbocycles. The lowest BCUT2D eigenvalue weighted by molar-refractivity contribution is -0.140. The summed E-state index contributed by atoms with van der Waals surface area (Å²) >= 11 is 0. The van der Waals surface area contributed by atoms with Crippen molar-refractivity contribution in [1.82, 2.24) is 14.2 Å². The van der Waals surface area contributed by atoms with Crippen molar-refractivity contribution in [2.24, 2.45) is 0 Å². The normalized spacial score (nSPS) is 12.9. The molecule has 6 nitrogen and oxygen atoms in total. The van der Waals surface area contributed by atoms with E-state index in [1.807, 2.05) is 0 Å². The van der Waals surface area contributed by atoms with Crippen LogP contribution < -0.4 is 5.56 Å². The predicted octanol–water partition coefficient (Wildman–Crippen LogP) is 0.450. The van der Waals surface area contributed by atoms with Gasteiger partial charge >= 0.3 is 5.97 Å². The minimum absolute atomic E-state index is 0.398. The molecule has 84 valence electrons. The Hall–Kier alpha value is -2.11. The van der Waals surface area contributed by atoms with Crippen LogP contribution in [0.3, 0.4) is 0 Å². The highest BCUT2D eigenvalue weighted by atomic mass is 16.4. The maximum atomic E-state index is 11.9. The van der Waals surface area contributed by atoms with Gasteiger partial charge in [-0.3, -0.25) is 9.20 Å². The van der Waals surface area contributed by atoms with E-state index in [1.165, 1.54) is 6.92 Å². The van der Waals surface area contributed by atoms with Crippen molar-refractivity contribution in [3.63, 3.8) is 0 Å². The molecule has 0 aliphatic rings. The number of rotatable bonds is 2. The van der Waals surface area contributed by atoms with E-state index >= 15 is 0 Å². The van der Waals surface area contributed by atoms with Gasteiger partial charge in [0.2, 0.25) is 0 Å². The number of carbonyl (C=O) groups is 1. The highest BCUT2D eigenvalue weighted by molar-refractivity contribution is 5.71. The predicted molar refractivity (Wildman–Crippen MR) is 56.5 cm³/mol. The molecule has 1 unspecified atom stereocenters. The molecule has 1 N–H and O–H groups in total. The number of aryl methyl sites for hydroxylation is 1. The Morgan fingerprint density at radius 3 is 2.88 bits per heavy atom. The van der Waals surface area contributed by atoms with Crippen molar-refractivity contribution in [3.05, 3.63) is 34.5 Å². The summed E-state index contributed by atoms with van der Waals surface area (Å²) in [5.74, 6) is -0.502. The summed E-state index contributed by atoms with van der Waals surface area (Å²) in [5.41, 5.74) is 0.0334. The maximum absolute atomic E-state index is 11.9. The largest absolute Gasteiger partial charge is 0.480 e. The average Bonchev–Trinajstić information content (AvgIpc) is 2.71. The van der Waals surface area contributed by atoms with Crippen molar-refractivity contribution in [2.45, 2.75) is 19.9 Å². The van der Waals surface area contributed by atoms with E-state index in [-0.39, 0.29) is 0 Å². The Balaban J connectivity index is 2.77. The molecule has 0 amide bonds. The lowest BCUT2D eigenvalue weighted by Gasteiger charge is -2.11. The summed E-state index contributed by atoms with van der Waals surface area (Å²) in [4.78, 5) is 22.7. The molecule has 2 aromatic heterocycles. The molecule has 0 fully saturated rings. The highest BCUT2D eigenvalue weighted by Crippen LogP contribution is 2.05. The molecule has 0 radical (unpaired) electrons. The van der Waals surface area contributed by atoms with Gasteiger partial charge in [-0.05, 0) is 26.0 Å². The zero-order valence-electron chi connectivity index (χ0n) is 8.91. The molecule has 1 atom stereocenters. The van der Waals surface area contributed by atoms with Gasteiger partial charge in [0.05, 0.1) is 0 Å². The van der Waals surface area contributed by atoms with E-state index in [9.17, 15) is 9.59 Å². The molecule has 2 heterocycles. The third-order valence-electron chi connectivity index (χ3n) is 2.50. The minimum Gasteiger partial charge on any atom is -0.480 e. The van der Waals surface area contributed by atoms with Gasteiger partial charge in [-0.2, -0.15) is 5.10 Å². The fourth-order valence-corrected chi connectivity index (χ4v) is 1.57. The van der Waals surface area contributed by atoms with Gasteiger partial charge in [-0.1, -0.05) is 0 Å². The van der Waals surface area contributed by atoms with Crippen LogP contribution in [0.15, 0.2) is 23.1 Å². The van der Waals surface area contributed by atoms with Gasteiger partial charge in [0.25, 0.3) is 5.56 Å². The Morgan fingerprint density at radius 1 is 1.56 bits per heavy atom. The van der Waals surface area contributed by atoms with E-state index in [0.717, 1.165) is 4.68 Å². The Labute approximate surface area is 90.7 Å². The molecule has 0 aromatic carbocycles. The summed E-state index contributed by atoms with van der Waals surface area (Å²) < 4.78 is 2.63. The van der Waals surface area contributed by atoms with E-state index < -0.39 is 17.6 Å². The number of hydrogen-bond acceptors (Lipinski definition) is 3. The SMILES string of the molecule is Cc1nn(C(C)C(=O)O)c(=O)c2cccn12. The molecule has 6 heteroatoms. The number of fused-ring (bicyclic) bond motifs is 1. The van der Waals surface area contributed by atoms with Crippen LogP contribution in [0.5, 0.6) is 0 Å². The average molecular weight is 221 g/mol. The van der Waals surface area contributed by atoms with Crippen molar-refractivity contribution in [3.8, 4) is 0 Å². The number of carboxylic acid groups (broad SMARTS) is 1. The van der Waals surface area contributed by atoms with Crippen molar-refractivity contribution >= 4 is 11.5 Å². The monoisotopic (exact) mass is 221 g/mol. The first-order valence-electron chi connectivity index (χ1n) is 4.81. The summed E-state index contributed by atoms with van der Waals surface area (Å²) in [6, 6.07) is 2.40. The number of aliphatic carboxylic acids is 1. The van der Waals surface area contributed by atoms with Gasteiger partial charge in [-0.25, -0.2) is 9.48 Å². The summed E-state index contributed by atoms with van der Waals surface area (Å²) in [5, 5.41) is 12.8. The minimum atomic E-state index is -1.08. The van der Waals surface area contributed by atoms with Gasteiger partial charge in [0, 0.05) is 6.20 Å². The van der Waals surface area contributed by atoms with E-state index in [4.69, 9.17) is 5.11 Å². The molecule has 0 spiro atoms. The second-order valence-corrected chi connectivity index (χ2v) is 3.57. The molecule has 0 aliphatic heterocycles. The third kappa shape index (κ3) is 1.39. The van der Waals surface area contributed by atoms with Crippen molar-refractivity contribution in [1.29, 1.82) is 0 Å². The fraction of sp³-hybridized carbons (Fsp3) is 0.300. The second kappa shape index (κ2) is 3.48. The second-order valence-electron chi connectivity index (χ2n) is 3.57. The van der Waals surface area contributed by atoms with Gasteiger partial charge in [0.1, 0.15) is 11.3 Å². The zero-order valence-corrected chi connectivity index (χ0v) is 8.91. The molecule has 0 bridgehead atoms. The van der Waals surface area contributed by atoms with Crippen LogP contribution in [0.1, 0.15) is 18.8 Å². The van der Waals surface area contributed by atoms with Gasteiger partial charge in [-0.15, -0.1) is 0 Å². The molecule has 16 heavy (non-hydrogen) atoms. The van der Waals surface area contributed by atoms with Crippen molar-refractivity contribution < 1.29 is 9.90 Å². The Morgan fingerprint density at radius 2 is 2.25 bits per heavy atom. The molecule has 0 saturated heterocycles. The maximum Gasteiger partial charge on any atom is 0.328 e. The lowest BCUT2D eigenvalue weighted by atomic mass is 10.3. The smallest absolute Gasteiger partial charge is 0.328 e. The number of carboxylic acids is 1. The van der Waals surface area contributed by atoms with E-state index in [1.54, 1.807) is 29.7 Å². The van der Waals surface area contributed by atoms with Crippen LogP contribution in [-0.4, -0.2) is 25.3 Å². The molecule has 0 saturated carbocycles. The Kier molecular flexibility index (Phi) is 2.26. The first-order chi connectivity index (χ1) is 7.52. The first-order valence-corrected chi connectivity index (χ1v) is 4.81. The number of aromatic nitrogens is 3. The van der Waals surface area contributed by atoms with Gasteiger partial charge in [0.15, 0.2) is 6.04 Å². The van der Waals surface area contributed by atoms with Crippen LogP contribution in [0.4, 0.5) is 0 Å². The highest BCUT2D eigenvalue weighted by Gasteiger charge is 2.18. The zero-order chi connectivity index (χ0) is 11.9. The molecule has 2 rings (SSSR count). The van der Waals surface area contributed by atoms with E-state index in [2.05, 4.69) is 5.10 Å². The van der Waals surface area contributed by atoms with E-state index in [0.29, 0.717) is 11.3 Å². The summed E-state index contributed by atoms with van der Waals surface area (Å²) in [6.07, 6.45) is 1.72. The van der Waals surface area contributed by atoms with Gasteiger partial charge < -0.3 is 5.11 Å². The lowest BCUT2D eigenvalue weighted by Crippen LogP contribution is -2.32. The Bertz CT molecular complexity index is 611. The number of hydrogen-bond donors (Lipinski definition) is 1. The standard InChI is InChI=1S/C10H11N3O3/c1-6(10(15)16)13-9(14)8-4-3-5-12(8)7(2)11-13/h3-6H,1-2H3,(H,15,16). The first kappa shape index (κ1) is 10.4. The quantitative estimate of drug-likeness (QED) is 0.798.